The van der Waals surface area contributed by atoms with Crippen LogP contribution in [0.5, 0.6) is 0 Å². The van der Waals surface area contributed by atoms with Crippen molar-refractivity contribution in [1.82, 2.24) is 14.5 Å². The van der Waals surface area contributed by atoms with Gasteiger partial charge in [0.15, 0.2) is 0 Å². The van der Waals surface area contributed by atoms with Crippen molar-refractivity contribution < 1.29 is 8.42 Å². The summed E-state index contributed by atoms with van der Waals surface area (Å²) < 4.78 is 27.7. The van der Waals surface area contributed by atoms with E-state index in [0.29, 0.717) is 11.4 Å². The van der Waals surface area contributed by atoms with E-state index in [4.69, 9.17) is 0 Å². The summed E-state index contributed by atoms with van der Waals surface area (Å²) in [6.07, 6.45) is 0. The Balaban J connectivity index is 1.97. The van der Waals surface area contributed by atoms with Crippen LogP contribution in [0.2, 0.25) is 0 Å². The highest BCUT2D eigenvalue weighted by Gasteiger charge is 2.22. The molecule has 22 heavy (non-hydrogen) atoms. The number of rotatable bonds is 5. The molecule has 1 aliphatic heterocycles. The number of sulfonamides is 1. The number of benzene rings is 1. The summed E-state index contributed by atoms with van der Waals surface area (Å²) in [7, 11) is -1.32. The zero-order valence-corrected chi connectivity index (χ0v) is 14.8. The lowest BCUT2D eigenvalue weighted by atomic mass is 10.2. The minimum atomic E-state index is -3.44. The molecule has 2 rings (SSSR count). The van der Waals surface area contributed by atoms with Crippen LogP contribution in [0, 0.1) is 13.8 Å². The summed E-state index contributed by atoms with van der Waals surface area (Å²) in [5.74, 6) is 0. The average molecular weight is 325 g/mol. The molecule has 5 nitrogen and oxygen atoms in total. The normalized spacial score (nSPS) is 19.3. The van der Waals surface area contributed by atoms with Crippen molar-refractivity contribution in [2.24, 2.45) is 0 Å². The van der Waals surface area contributed by atoms with Gasteiger partial charge in [-0.25, -0.2) is 13.1 Å². The van der Waals surface area contributed by atoms with Gasteiger partial charge in [0.05, 0.1) is 4.90 Å². The van der Waals surface area contributed by atoms with Gasteiger partial charge in [-0.1, -0.05) is 17.7 Å². The Bertz CT molecular complexity index is 608. The number of hydrogen-bond acceptors (Lipinski definition) is 4. The molecule has 1 N–H and O–H groups in total. The monoisotopic (exact) mass is 325 g/mol. The molecule has 1 atom stereocenters. The van der Waals surface area contributed by atoms with E-state index in [2.05, 4.69) is 28.5 Å². The molecule has 1 fully saturated rings. The molecule has 1 heterocycles. The third kappa shape index (κ3) is 4.29. The highest BCUT2D eigenvalue weighted by atomic mass is 32.2. The first kappa shape index (κ1) is 17.4. The number of piperazine rings is 1. The molecule has 0 amide bonds. The van der Waals surface area contributed by atoms with Crippen LogP contribution in [-0.2, 0) is 10.0 Å². The van der Waals surface area contributed by atoms with Gasteiger partial charge in [-0.2, -0.15) is 0 Å². The molecule has 0 bridgehead atoms. The minimum Gasteiger partial charge on any atom is -0.304 e. The highest BCUT2D eigenvalue weighted by molar-refractivity contribution is 7.89. The Morgan fingerprint density at radius 2 is 1.82 bits per heavy atom. The summed E-state index contributed by atoms with van der Waals surface area (Å²) in [5, 5.41) is 0. The maximum atomic E-state index is 12.5. The zero-order valence-electron chi connectivity index (χ0n) is 14.0. The predicted molar refractivity (Wildman–Crippen MR) is 89.6 cm³/mol. The van der Waals surface area contributed by atoms with Crippen LogP contribution in [0.25, 0.3) is 0 Å². The largest absolute Gasteiger partial charge is 0.304 e. The van der Waals surface area contributed by atoms with E-state index in [9.17, 15) is 8.42 Å². The molecule has 0 aromatic heterocycles. The number of nitrogens with zero attached hydrogens (tertiary/aromatic N) is 2. The summed E-state index contributed by atoms with van der Waals surface area (Å²) in [4.78, 5) is 5.01. The molecular formula is C16H27N3O2S. The van der Waals surface area contributed by atoms with Crippen LogP contribution in [0.3, 0.4) is 0 Å². The fourth-order valence-corrected chi connectivity index (χ4v) is 4.15. The average Bonchev–Trinajstić information content (AvgIpc) is 2.45. The van der Waals surface area contributed by atoms with E-state index in [0.717, 1.165) is 37.3 Å². The van der Waals surface area contributed by atoms with Crippen LogP contribution in [0.1, 0.15) is 18.1 Å². The molecule has 0 aliphatic carbocycles. The van der Waals surface area contributed by atoms with Gasteiger partial charge in [-0.05, 0) is 39.4 Å². The van der Waals surface area contributed by atoms with E-state index in [-0.39, 0.29) is 6.04 Å². The molecule has 1 aliphatic rings. The second-order valence-electron chi connectivity index (χ2n) is 6.31. The molecule has 124 valence electrons. The molecule has 0 radical (unpaired) electrons. The number of hydrogen-bond donors (Lipinski definition) is 1. The van der Waals surface area contributed by atoms with E-state index in [1.54, 1.807) is 6.07 Å². The third-order valence-corrected chi connectivity index (χ3v) is 5.93. The second-order valence-corrected chi connectivity index (χ2v) is 8.04. The summed E-state index contributed by atoms with van der Waals surface area (Å²) >= 11 is 0. The molecule has 0 saturated carbocycles. The first-order valence-electron chi connectivity index (χ1n) is 7.79. The predicted octanol–water partition coefficient (Wildman–Crippen LogP) is 1.22. The number of likely N-dealkylation sites (N-methyl/N-ethyl adjacent to an activating group) is 1. The molecule has 1 unspecified atom stereocenters. The van der Waals surface area contributed by atoms with Crippen LogP contribution >= 0.6 is 0 Å². The van der Waals surface area contributed by atoms with Crippen molar-refractivity contribution in [3.8, 4) is 0 Å². The third-order valence-electron chi connectivity index (χ3n) is 4.35. The van der Waals surface area contributed by atoms with Gasteiger partial charge in [0.2, 0.25) is 10.0 Å². The standard InChI is InChI=1S/C16H27N3O2S/c1-13-5-6-16(14(2)11-13)22(20,21)17-12-15(3)19-9-7-18(4)8-10-19/h5-6,11,15,17H,7-10,12H2,1-4H3. The van der Waals surface area contributed by atoms with E-state index >= 15 is 0 Å². The van der Waals surface area contributed by atoms with Gasteiger partial charge >= 0.3 is 0 Å². The van der Waals surface area contributed by atoms with E-state index in [1.807, 2.05) is 26.0 Å². The van der Waals surface area contributed by atoms with Gasteiger partial charge in [-0.15, -0.1) is 0 Å². The van der Waals surface area contributed by atoms with Gasteiger partial charge < -0.3 is 4.90 Å². The van der Waals surface area contributed by atoms with Gasteiger partial charge in [0.25, 0.3) is 0 Å². The molecule has 1 aromatic rings. The lowest BCUT2D eigenvalue weighted by molar-refractivity contribution is 0.120. The fourth-order valence-electron chi connectivity index (χ4n) is 2.80. The molecular weight excluding hydrogens is 298 g/mol. The Hall–Kier alpha value is -0.950. The van der Waals surface area contributed by atoms with Crippen molar-refractivity contribution in [1.29, 1.82) is 0 Å². The lowest BCUT2D eigenvalue weighted by Gasteiger charge is -2.36. The van der Waals surface area contributed by atoms with Gasteiger partial charge in [0, 0.05) is 38.8 Å². The van der Waals surface area contributed by atoms with E-state index < -0.39 is 10.0 Å². The van der Waals surface area contributed by atoms with Crippen molar-refractivity contribution in [3.63, 3.8) is 0 Å². The van der Waals surface area contributed by atoms with Gasteiger partial charge in [0.1, 0.15) is 0 Å². The van der Waals surface area contributed by atoms with E-state index in [1.165, 1.54) is 0 Å². The highest BCUT2D eigenvalue weighted by Crippen LogP contribution is 2.16. The molecule has 1 saturated heterocycles. The van der Waals surface area contributed by atoms with Crippen molar-refractivity contribution >= 4 is 10.0 Å². The maximum Gasteiger partial charge on any atom is 0.240 e. The van der Waals surface area contributed by atoms with Crippen LogP contribution in [0.4, 0.5) is 0 Å². The maximum absolute atomic E-state index is 12.5. The smallest absolute Gasteiger partial charge is 0.240 e. The first-order chi connectivity index (χ1) is 10.3. The van der Waals surface area contributed by atoms with Crippen molar-refractivity contribution in [3.05, 3.63) is 29.3 Å². The second kappa shape index (κ2) is 7.08. The van der Waals surface area contributed by atoms with Crippen molar-refractivity contribution in [2.45, 2.75) is 31.7 Å². The summed E-state index contributed by atoms with van der Waals surface area (Å²) in [6, 6.07) is 5.63. The van der Waals surface area contributed by atoms with Crippen molar-refractivity contribution in [2.75, 3.05) is 39.8 Å². The number of aryl methyl sites for hydroxylation is 2. The Kier molecular flexibility index (Phi) is 5.60. The summed E-state index contributed by atoms with van der Waals surface area (Å²) in [6.45, 7) is 10.4. The van der Waals surface area contributed by atoms with Crippen LogP contribution < -0.4 is 4.72 Å². The topological polar surface area (TPSA) is 52.7 Å². The lowest BCUT2D eigenvalue weighted by Crippen LogP contribution is -2.51. The first-order valence-corrected chi connectivity index (χ1v) is 9.27. The Morgan fingerprint density at radius 1 is 1.18 bits per heavy atom. The quantitative estimate of drug-likeness (QED) is 0.884. The fraction of sp³-hybridized carbons (Fsp3) is 0.625. The van der Waals surface area contributed by atoms with Gasteiger partial charge in [-0.3, -0.25) is 4.90 Å². The summed E-state index contributed by atoms with van der Waals surface area (Å²) in [5.41, 5.74) is 1.86. The molecule has 0 spiro atoms. The number of nitrogens with one attached hydrogen (secondary N) is 1. The van der Waals surface area contributed by atoms with Crippen LogP contribution in [-0.4, -0.2) is 64.0 Å². The van der Waals surface area contributed by atoms with Crippen LogP contribution in [0.15, 0.2) is 23.1 Å². The zero-order chi connectivity index (χ0) is 16.3. The molecule has 1 aromatic carbocycles. The minimum absolute atomic E-state index is 0.203. The molecule has 6 heteroatoms. The Labute approximate surface area is 134 Å². The SMILES string of the molecule is Cc1ccc(S(=O)(=O)NCC(C)N2CCN(C)CC2)c(C)c1. The Morgan fingerprint density at radius 3 is 2.41 bits per heavy atom.